The number of aliphatic carboxylic acids is 1. The summed E-state index contributed by atoms with van der Waals surface area (Å²) in [4.78, 5) is 38.3. The maximum atomic E-state index is 12.7. The molecule has 7 heteroatoms. The van der Waals surface area contributed by atoms with E-state index >= 15 is 0 Å². The molecule has 134 valence electrons. The number of anilines is 1. The molecule has 1 heterocycles. The van der Waals surface area contributed by atoms with E-state index in [1.807, 2.05) is 24.3 Å². The molecule has 3 rings (SSSR count). The molecule has 1 aliphatic heterocycles. The van der Waals surface area contributed by atoms with Crippen LogP contribution in [0.3, 0.4) is 0 Å². The molecule has 2 aliphatic rings. The average Bonchev–Trinajstić information content (AvgIpc) is 2.98. The van der Waals surface area contributed by atoms with Gasteiger partial charge in [-0.15, -0.1) is 0 Å². The van der Waals surface area contributed by atoms with Gasteiger partial charge in [0.2, 0.25) is 11.8 Å². The van der Waals surface area contributed by atoms with Crippen molar-refractivity contribution in [3.63, 3.8) is 0 Å². The number of nitrogens with zero attached hydrogens (tertiary/aromatic N) is 1. The zero-order valence-corrected chi connectivity index (χ0v) is 15.4. The summed E-state index contributed by atoms with van der Waals surface area (Å²) >= 11 is 3.43. The quantitative estimate of drug-likeness (QED) is 0.801. The number of amides is 2. The molecule has 1 atom stereocenters. The number of nitrogens with one attached hydrogen (secondary N) is 1. The maximum Gasteiger partial charge on any atom is 0.329 e. The molecule has 2 amide bonds. The van der Waals surface area contributed by atoms with Crippen LogP contribution in [0, 0.1) is 5.92 Å². The molecule has 25 heavy (non-hydrogen) atoms. The number of para-hydroxylation sites is 1. The monoisotopic (exact) mass is 408 g/mol. The van der Waals surface area contributed by atoms with E-state index in [9.17, 15) is 19.5 Å². The summed E-state index contributed by atoms with van der Waals surface area (Å²) in [6.45, 7) is 0.267. The molecule has 1 aromatic rings. The lowest BCUT2D eigenvalue weighted by molar-refractivity contribution is -0.149. The van der Waals surface area contributed by atoms with Crippen molar-refractivity contribution in [2.24, 2.45) is 5.92 Å². The number of rotatable bonds is 4. The fourth-order valence-electron chi connectivity index (χ4n) is 3.67. The van der Waals surface area contributed by atoms with Crippen molar-refractivity contribution < 1.29 is 19.5 Å². The van der Waals surface area contributed by atoms with Gasteiger partial charge in [-0.3, -0.25) is 9.59 Å². The predicted molar refractivity (Wildman–Crippen MR) is 96.2 cm³/mol. The second-order valence-corrected chi connectivity index (χ2v) is 7.65. The summed E-state index contributed by atoms with van der Waals surface area (Å²) in [7, 11) is 0. The zero-order chi connectivity index (χ0) is 18.0. The average molecular weight is 409 g/mol. The number of carboxylic acids is 1. The minimum Gasteiger partial charge on any atom is -0.480 e. The van der Waals surface area contributed by atoms with Gasteiger partial charge in [0.25, 0.3) is 0 Å². The molecular formula is C18H21BrN2O4. The number of hydrogen-bond donors (Lipinski definition) is 2. The molecule has 6 nitrogen and oxygen atoms in total. The van der Waals surface area contributed by atoms with Crippen LogP contribution in [0.2, 0.25) is 0 Å². The van der Waals surface area contributed by atoms with Crippen LogP contribution in [0.15, 0.2) is 28.7 Å². The van der Waals surface area contributed by atoms with Crippen molar-refractivity contribution in [1.82, 2.24) is 5.32 Å². The highest BCUT2D eigenvalue weighted by atomic mass is 79.9. The lowest BCUT2D eigenvalue weighted by Gasteiger charge is -2.34. The highest BCUT2D eigenvalue weighted by Crippen LogP contribution is 2.33. The van der Waals surface area contributed by atoms with Crippen molar-refractivity contribution in [3.05, 3.63) is 28.7 Å². The van der Waals surface area contributed by atoms with Crippen molar-refractivity contribution in [1.29, 1.82) is 0 Å². The first-order valence-electron chi connectivity index (χ1n) is 8.53. The Morgan fingerprint density at radius 3 is 2.52 bits per heavy atom. The minimum absolute atomic E-state index is 0.100. The van der Waals surface area contributed by atoms with Gasteiger partial charge in [0.1, 0.15) is 5.54 Å². The van der Waals surface area contributed by atoms with Crippen LogP contribution in [-0.2, 0) is 14.4 Å². The van der Waals surface area contributed by atoms with Gasteiger partial charge in [0, 0.05) is 17.4 Å². The van der Waals surface area contributed by atoms with E-state index in [4.69, 9.17) is 0 Å². The lowest BCUT2D eigenvalue weighted by Crippen LogP contribution is -2.57. The Morgan fingerprint density at radius 2 is 1.88 bits per heavy atom. The molecule has 1 aromatic carbocycles. The Bertz CT molecular complexity index is 700. The Morgan fingerprint density at radius 1 is 1.20 bits per heavy atom. The van der Waals surface area contributed by atoms with Crippen molar-refractivity contribution >= 4 is 39.4 Å². The smallest absolute Gasteiger partial charge is 0.329 e. The third kappa shape index (κ3) is 3.56. The Balaban J connectivity index is 1.72. The second kappa shape index (κ2) is 7.15. The van der Waals surface area contributed by atoms with Gasteiger partial charge >= 0.3 is 5.97 Å². The third-order valence-corrected chi connectivity index (χ3v) is 5.79. The first-order chi connectivity index (χ1) is 11.9. The Hall–Kier alpha value is -1.89. The molecule has 1 aliphatic carbocycles. The molecule has 0 aromatic heterocycles. The Kier molecular flexibility index (Phi) is 5.13. The van der Waals surface area contributed by atoms with Crippen molar-refractivity contribution in [2.45, 2.75) is 44.1 Å². The van der Waals surface area contributed by atoms with Crippen molar-refractivity contribution in [2.75, 3.05) is 11.4 Å². The molecular weight excluding hydrogens is 388 g/mol. The van der Waals surface area contributed by atoms with E-state index in [2.05, 4.69) is 21.2 Å². The van der Waals surface area contributed by atoms with Crippen LogP contribution in [0.25, 0.3) is 0 Å². The summed E-state index contributed by atoms with van der Waals surface area (Å²) < 4.78 is 0.790. The van der Waals surface area contributed by atoms with Crippen LogP contribution in [0.5, 0.6) is 0 Å². The van der Waals surface area contributed by atoms with Crippen molar-refractivity contribution in [3.8, 4) is 0 Å². The summed E-state index contributed by atoms with van der Waals surface area (Å²) in [5.74, 6) is -1.97. The molecule has 1 unspecified atom stereocenters. The number of halogens is 1. The molecule has 1 saturated carbocycles. The largest absolute Gasteiger partial charge is 0.480 e. The van der Waals surface area contributed by atoms with Gasteiger partial charge in [-0.1, -0.05) is 31.4 Å². The highest BCUT2D eigenvalue weighted by Gasteiger charge is 2.44. The molecule has 0 bridgehead atoms. The van der Waals surface area contributed by atoms with Gasteiger partial charge in [0.15, 0.2) is 0 Å². The van der Waals surface area contributed by atoms with E-state index in [-0.39, 0.29) is 24.8 Å². The summed E-state index contributed by atoms with van der Waals surface area (Å²) in [6.07, 6.45) is 3.56. The van der Waals surface area contributed by atoms with Gasteiger partial charge in [0.05, 0.1) is 11.6 Å². The first-order valence-corrected chi connectivity index (χ1v) is 9.32. The predicted octanol–water partition coefficient (Wildman–Crippen LogP) is 2.71. The fourth-order valence-corrected chi connectivity index (χ4v) is 4.17. The van der Waals surface area contributed by atoms with Crippen LogP contribution >= 0.6 is 15.9 Å². The topological polar surface area (TPSA) is 86.7 Å². The second-order valence-electron chi connectivity index (χ2n) is 6.79. The number of benzene rings is 1. The molecule has 0 spiro atoms. The SMILES string of the molecule is O=C(NC1(C(=O)O)CCCCC1)C1CC(=O)N(c2ccccc2Br)C1. The lowest BCUT2D eigenvalue weighted by atomic mass is 9.81. The fraction of sp³-hybridized carbons (Fsp3) is 0.500. The third-order valence-electron chi connectivity index (χ3n) is 5.12. The van der Waals surface area contributed by atoms with E-state index in [1.54, 1.807) is 4.90 Å². The van der Waals surface area contributed by atoms with Gasteiger partial charge < -0.3 is 15.3 Å². The van der Waals surface area contributed by atoms with Gasteiger partial charge in [-0.2, -0.15) is 0 Å². The van der Waals surface area contributed by atoms with E-state index in [0.717, 1.165) is 29.4 Å². The summed E-state index contributed by atoms with van der Waals surface area (Å²) in [5, 5.41) is 12.4. The van der Waals surface area contributed by atoms with E-state index < -0.39 is 17.4 Å². The number of hydrogen-bond acceptors (Lipinski definition) is 3. The van der Waals surface area contributed by atoms with Gasteiger partial charge in [-0.25, -0.2) is 4.79 Å². The maximum absolute atomic E-state index is 12.7. The number of carboxylic acid groups (broad SMARTS) is 1. The number of carbonyl (C=O) groups excluding carboxylic acids is 2. The minimum atomic E-state index is -1.18. The summed E-state index contributed by atoms with van der Waals surface area (Å²) in [6, 6.07) is 7.36. The Labute approximate surface area is 154 Å². The van der Waals surface area contributed by atoms with Crippen LogP contribution in [0.4, 0.5) is 5.69 Å². The molecule has 1 saturated heterocycles. The zero-order valence-electron chi connectivity index (χ0n) is 13.8. The normalized spacial score (nSPS) is 22.7. The van der Waals surface area contributed by atoms with Crippen LogP contribution < -0.4 is 10.2 Å². The van der Waals surface area contributed by atoms with Crippen LogP contribution in [0.1, 0.15) is 38.5 Å². The molecule has 2 N–H and O–H groups in total. The first kappa shape index (κ1) is 17.9. The van der Waals surface area contributed by atoms with E-state index in [0.29, 0.717) is 12.8 Å². The van der Waals surface area contributed by atoms with E-state index in [1.165, 1.54) is 0 Å². The standard InChI is InChI=1S/C18H21BrN2O4/c19-13-6-2-3-7-14(13)21-11-12(10-15(21)22)16(23)20-18(17(24)25)8-4-1-5-9-18/h2-3,6-7,12H,1,4-5,8-11H2,(H,20,23)(H,24,25). The van der Waals surface area contributed by atoms with Gasteiger partial charge in [-0.05, 0) is 40.9 Å². The molecule has 0 radical (unpaired) electrons. The number of carbonyl (C=O) groups is 3. The highest BCUT2D eigenvalue weighted by molar-refractivity contribution is 9.10. The summed E-state index contributed by atoms with van der Waals surface area (Å²) in [5.41, 5.74) is -0.451. The van der Waals surface area contributed by atoms with Crippen LogP contribution in [-0.4, -0.2) is 35.0 Å². The molecule has 2 fully saturated rings.